The van der Waals surface area contributed by atoms with Crippen molar-refractivity contribution >= 4 is 27.5 Å². The van der Waals surface area contributed by atoms with Gasteiger partial charge in [-0.25, -0.2) is 8.42 Å². The molecule has 8 nitrogen and oxygen atoms in total. The molecular weight excluding hydrogens is 430 g/mol. The van der Waals surface area contributed by atoms with E-state index in [1.165, 1.54) is 11.9 Å². The average molecular weight is 462 g/mol. The van der Waals surface area contributed by atoms with Crippen molar-refractivity contribution in [1.82, 2.24) is 10.2 Å². The van der Waals surface area contributed by atoms with Crippen LogP contribution in [0.3, 0.4) is 0 Å². The molecule has 1 N–H and O–H groups in total. The molecule has 0 aliphatic heterocycles. The summed E-state index contributed by atoms with van der Waals surface area (Å²) in [6.07, 6.45) is 1.42. The summed E-state index contributed by atoms with van der Waals surface area (Å²) < 4.78 is 31.9. The van der Waals surface area contributed by atoms with Gasteiger partial charge in [-0.1, -0.05) is 49.4 Å². The molecule has 0 fully saturated rings. The molecule has 1 unspecified atom stereocenters. The predicted molar refractivity (Wildman–Crippen MR) is 125 cm³/mol. The van der Waals surface area contributed by atoms with Crippen LogP contribution in [0.15, 0.2) is 54.6 Å². The van der Waals surface area contributed by atoms with Crippen LogP contribution in [-0.4, -0.2) is 57.6 Å². The fourth-order valence-corrected chi connectivity index (χ4v) is 4.25. The van der Waals surface area contributed by atoms with E-state index in [9.17, 15) is 18.0 Å². The van der Waals surface area contributed by atoms with E-state index in [2.05, 4.69) is 5.32 Å². The van der Waals surface area contributed by atoms with Gasteiger partial charge in [0.25, 0.3) is 0 Å². The predicted octanol–water partition coefficient (Wildman–Crippen LogP) is 2.40. The minimum atomic E-state index is -3.81. The molecule has 0 bridgehead atoms. The van der Waals surface area contributed by atoms with Crippen molar-refractivity contribution < 1.29 is 22.7 Å². The van der Waals surface area contributed by atoms with Gasteiger partial charge in [0.15, 0.2) is 0 Å². The number of rotatable bonds is 11. The smallest absolute Gasteiger partial charge is 0.244 e. The normalized spacial score (nSPS) is 12.0. The summed E-state index contributed by atoms with van der Waals surface area (Å²) in [5, 5.41) is 2.59. The van der Waals surface area contributed by atoms with Gasteiger partial charge in [-0.3, -0.25) is 13.9 Å². The Hall–Kier alpha value is -3.07. The Morgan fingerprint density at radius 2 is 1.66 bits per heavy atom. The summed E-state index contributed by atoms with van der Waals surface area (Å²) in [6, 6.07) is 15.2. The Morgan fingerprint density at radius 3 is 2.22 bits per heavy atom. The van der Waals surface area contributed by atoms with Crippen LogP contribution < -0.4 is 14.4 Å². The summed E-state index contributed by atoms with van der Waals surface area (Å²) in [5.74, 6) is -0.431. The highest BCUT2D eigenvalue weighted by Crippen LogP contribution is 2.30. The molecule has 0 radical (unpaired) electrons. The second-order valence-corrected chi connectivity index (χ2v) is 9.12. The minimum absolute atomic E-state index is 0.177. The van der Waals surface area contributed by atoms with E-state index >= 15 is 0 Å². The number of nitrogens with one attached hydrogen (secondary N) is 1. The number of likely N-dealkylation sites (N-methyl/N-ethyl adjacent to an activating group) is 1. The van der Waals surface area contributed by atoms with Crippen LogP contribution in [0.2, 0.25) is 0 Å². The zero-order valence-corrected chi connectivity index (χ0v) is 19.8. The van der Waals surface area contributed by atoms with Crippen molar-refractivity contribution in [1.29, 1.82) is 0 Å². The molecule has 0 saturated heterocycles. The Kier molecular flexibility index (Phi) is 9.07. The van der Waals surface area contributed by atoms with Gasteiger partial charge in [0.1, 0.15) is 18.3 Å². The molecule has 2 rings (SSSR count). The molecule has 0 aliphatic rings. The maximum absolute atomic E-state index is 13.5. The number of hydrogen-bond donors (Lipinski definition) is 1. The van der Waals surface area contributed by atoms with E-state index in [0.717, 1.165) is 16.1 Å². The molecule has 2 aromatic carbocycles. The van der Waals surface area contributed by atoms with Crippen LogP contribution in [-0.2, 0) is 26.2 Å². The Bertz CT molecular complexity index is 1010. The van der Waals surface area contributed by atoms with Crippen molar-refractivity contribution in [2.45, 2.75) is 32.9 Å². The van der Waals surface area contributed by atoms with Crippen LogP contribution in [0.5, 0.6) is 5.75 Å². The van der Waals surface area contributed by atoms with Gasteiger partial charge in [-0.2, -0.15) is 0 Å². The van der Waals surface area contributed by atoms with Crippen LogP contribution in [0.4, 0.5) is 5.69 Å². The van der Waals surface area contributed by atoms with E-state index in [4.69, 9.17) is 4.74 Å². The van der Waals surface area contributed by atoms with Gasteiger partial charge in [0.2, 0.25) is 21.8 Å². The summed E-state index contributed by atoms with van der Waals surface area (Å²) in [6.45, 7) is 3.67. The number of benzene rings is 2. The first kappa shape index (κ1) is 25.2. The topological polar surface area (TPSA) is 96.0 Å². The lowest BCUT2D eigenvalue weighted by Crippen LogP contribution is -2.51. The molecule has 2 aromatic rings. The summed E-state index contributed by atoms with van der Waals surface area (Å²) in [7, 11) is -2.30. The van der Waals surface area contributed by atoms with Crippen LogP contribution in [0, 0.1) is 0 Å². The monoisotopic (exact) mass is 461 g/mol. The Labute approximate surface area is 190 Å². The number of para-hydroxylation sites is 2. The van der Waals surface area contributed by atoms with Crippen molar-refractivity contribution in [2.75, 3.05) is 30.8 Å². The summed E-state index contributed by atoms with van der Waals surface area (Å²) in [4.78, 5) is 27.4. The summed E-state index contributed by atoms with van der Waals surface area (Å²) >= 11 is 0. The fourth-order valence-electron chi connectivity index (χ4n) is 3.40. The quantitative estimate of drug-likeness (QED) is 0.554. The van der Waals surface area contributed by atoms with E-state index in [0.29, 0.717) is 18.8 Å². The molecule has 1 atom stereocenters. The molecule has 0 heterocycles. The van der Waals surface area contributed by atoms with E-state index in [1.807, 2.05) is 37.3 Å². The molecule has 32 heavy (non-hydrogen) atoms. The second-order valence-electron chi connectivity index (χ2n) is 7.22. The molecule has 0 spiro atoms. The standard InChI is InChI=1S/C23H31N3O5S/c1-5-19(23(28)24-3)25(16-18-12-8-7-9-13-18)22(27)17-26(32(4,29)30)20-14-10-11-15-21(20)31-6-2/h7-15,19H,5-6,16-17H2,1-4H3,(H,24,28). The maximum Gasteiger partial charge on any atom is 0.244 e. The molecular formula is C23H31N3O5S. The molecule has 0 aromatic heterocycles. The SMILES string of the molecule is CCOc1ccccc1N(CC(=O)N(Cc1ccccc1)C(CC)C(=O)NC)S(C)(=O)=O. The van der Waals surface area contributed by atoms with Crippen molar-refractivity contribution in [3.05, 3.63) is 60.2 Å². The van der Waals surface area contributed by atoms with Crippen molar-refractivity contribution in [2.24, 2.45) is 0 Å². The van der Waals surface area contributed by atoms with E-state index in [1.54, 1.807) is 31.2 Å². The Balaban J connectivity index is 2.45. The first-order valence-electron chi connectivity index (χ1n) is 10.5. The lowest BCUT2D eigenvalue weighted by atomic mass is 10.1. The van der Waals surface area contributed by atoms with Gasteiger partial charge in [-0.05, 0) is 31.0 Å². The molecule has 174 valence electrons. The van der Waals surface area contributed by atoms with Crippen LogP contribution in [0.1, 0.15) is 25.8 Å². The molecule has 9 heteroatoms. The van der Waals surface area contributed by atoms with Gasteiger partial charge in [0, 0.05) is 13.6 Å². The van der Waals surface area contributed by atoms with Crippen LogP contribution >= 0.6 is 0 Å². The van der Waals surface area contributed by atoms with Crippen molar-refractivity contribution in [3.8, 4) is 5.75 Å². The van der Waals surface area contributed by atoms with E-state index in [-0.39, 0.29) is 18.1 Å². The number of carbonyl (C=O) groups is 2. The molecule has 0 aliphatic carbocycles. The Morgan fingerprint density at radius 1 is 1.03 bits per heavy atom. The largest absolute Gasteiger partial charge is 0.492 e. The number of ether oxygens (including phenoxy) is 1. The van der Waals surface area contributed by atoms with Gasteiger partial charge >= 0.3 is 0 Å². The lowest BCUT2D eigenvalue weighted by Gasteiger charge is -2.32. The summed E-state index contributed by atoms with van der Waals surface area (Å²) in [5.41, 5.74) is 1.11. The number of amides is 2. The zero-order valence-electron chi connectivity index (χ0n) is 18.9. The highest BCUT2D eigenvalue weighted by Gasteiger charge is 2.32. The second kappa shape index (κ2) is 11.5. The van der Waals surface area contributed by atoms with Gasteiger partial charge in [-0.15, -0.1) is 0 Å². The highest BCUT2D eigenvalue weighted by atomic mass is 32.2. The maximum atomic E-state index is 13.5. The number of nitrogens with zero attached hydrogens (tertiary/aromatic N) is 2. The average Bonchev–Trinajstić information content (AvgIpc) is 2.77. The minimum Gasteiger partial charge on any atom is -0.492 e. The first-order chi connectivity index (χ1) is 15.2. The van der Waals surface area contributed by atoms with Crippen molar-refractivity contribution in [3.63, 3.8) is 0 Å². The lowest BCUT2D eigenvalue weighted by molar-refractivity contribution is -0.140. The van der Waals surface area contributed by atoms with Crippen LogP contribution in [0.25, 0.3) is 0 Å². The fraction of sp³-hybridized carbons (Fsp3) is 0.391. The number of sulfonamides is 1. The zero-order chi connectivity index (χ0) is 23.7. The third-order valence-electron chi connectivity index (χ3n) is 4.94. The third kappa shape index (κ3) is 6.46. The number of anilines is 1. The third-order valence-corrected chi connectivity index (χ3v) is 6.07. The molecule has 2 amide bonds. The van der Waals surface area contributed by atoms with Gasteiger partial charge < -0.3 is 15.0 Å². The van der Waals surface area contributed by atoms with Gasteiger partial charge in [0.05, 0.1) is 18.6 Å². The first-order valence-corrected chi connectivity index (χ1v) is 12.3. The number of hydrogen-bond acceptors (Lipinski definition) is 5. The van der Waals surface area contributed by atoms with E-state index < -0.39 is 28.5 Å². The molecule has 0 saturated carbocycles. The highest BCUT2D eigenvalue weighted by molar-refractivity contribution is 7.92. The number of carbonyl (C=O) groups excluding carboxylic acids is 2.